The first kappa shape index (κ1) is 12.3. The molecular formula is C18H20O. The molecule has 0 fully saturated rings. The molecular weight excluding hydrogens is 232 g/mol. The summed E-state index contributed by atoms with van der Waals surface area (Å²) in [5.74, 6) is 1.00. The van der Waals surface area contributed by atoms with Gasteiger partial charge in [-0.2, -0.15) is 0 Å². The Balaban J connectivity index is 1.74. The van der Waals surface area contributed by atoms with Gasteiger partial charge in [0.15, 0.2) is 0 Å². The summed E-state index contributed by atoms with van der Waals surface area (Å²) in [6.07, 6.45) is 3.77. The van der Waals surface area contributed by atoms with Crippen molar-refractivity contribution in [3.05, 3.63) is 64.2 Å². The second-order valence-electron chi connectivity index (χ2n) is 5.44. The van der Waals surface area contributed by atoms with Crippen LogP contribution in [0.5, 0.6) is 5.75 Å². The quantitative estimate of drug-likeness (QED) is 0.788. The largest absolute Gasteiger partial charge is 0.489 e. The van der Waals surface area contributed by atoms with Gasteiger partial charge in [0.1, 0.15) is 12.4 Å². The average molecular weight is 252 g/mol. The topological polar surface area (TPSA) is 9.23 Å². The van der Waals surface area contributed by atoms with Gasteiger partial charge in [0.05, 0.1) is 0 Å². The maximum absolute atomic E-state index is 5.96. The lowest BCUT2D eigenvalue weighted by atomic mass is 10.1. The van der Waals surface area contributed by atoms with Crippen molar-refractivity contribution in [3.8, 4) is 5.75 Å². The Labute approximate surface area is 115 Å². The van der Waals surface area contributed by atoms with Crippen LogP contribution in [0, 0.1) is 13.8 Å². The first-order valence-corrected chi connectivity index (χ1v) is 7.04. The van der Waals surface area contributed by atoms with Gasteiger partial charge < -0.3 is 4.74 Å². The molecule has 0 spiro atoms. The van der Waals surface area contributed by atoms with Crippen molar-refractivity contribution < 1.29 is 4.74 Å². The Morgan fingerprint density at radius 1 is 1.00 bits per heavy atom. The van der Waals surface area contributed by atoms with Gasteiger partial charge in [0.2, 0.25) is 0 Å². The first-order valence-electron chi connectivity index (χ1n) is 7.04. The molecule has 0 aromatic heterocycles. The van der Waals surface area contributed by atoms with Crippen LogP contribution < -0.4 is 4.74 Å². The highest BCUT2D eigenvalue weighted by molar-refractivity contribution is 5.39. The molecule has 0 saturated carbocycles. The van der Waals surface area contributed by atoms with Crippen LogP contribution >= 0.6 is 0 Å². The fourth-order valence-electron chi connectivity index (χ4n) is 2.76. The highest BCUT2D eigenvalue weighted by atomic mass is 16.5. The van der Waals surface area contributed by atoms with E-state index in [2.05, 4.69) is 50.2 Å². The van der Waals surface area contributed by atoms with E-state index in [1.165, 1.54) is 47.1 Å². The van der Waals surface area contributed by atoms with Gasteiger partial charge >= 0.3 is 0 Å². The lowest BCUT2D eigenvalue weighted by molar-refractivity contribution is 0.304. The summed E-state index contributed by atoms with van der Waals surface area (Å²) in [5.41, 5.74) is 6.84. The standard InChI is InChI=1S/C18H20O/c1-13-5-3-8-18(14(13)2)19-12-15-9-10-16-6-4-7-17(16)11-15/h3,5,8-11H,4,6-7,12H2,1-2H3. The van der Waals surface area contributed by atoms with Crippen molar-refractivity contribution in [1.29, 1.82) is 0 Å². The number of benzene rings is 2. The summed E-state index contributed by atoms with van der Waals surface area (Å²) in [5, 5.41) is 0. The number of hydrogen-bond acceptors (Lipinski definition) is 1. The van der Waals surface area contributed by atoms with Crippen LogP contribution in [0.2, 0.25) is 0 Å². The molecule has 0 aliphatic heterocycles. The van der Waals surface area contributed by atoms with Crippen molar-refractivity contribution in [2.45, 2.75) is 39.7 Å². The highest BCUT2D eigenvalue weighted by Gasteiger charge is 2.11. The second kappa shape index (κ2) is 5.08. The Morgan fingerprint density at radius 2 is 1.84 bits per heavy atom. The number of aryl methyl sites for hydroxylation is 3. The summed E-state index contributed by atoms with van der Waals surface area (Å²) in [6, 6.07) is 13.0. The van der Waals surface area contributed by atoms with Crippen LogP contribution in [0.25, 0.3) is 0 Å². The Bertz CT molecular complexity index is 599. The van der Waals surface area contributed by atoms with Crippen LogP contribution in [0.3, 0.4) is 0 Å². The summed E-state index contributed by atoms with van der Waals surface area (Å²) in [4.78, 5) is 0. The van der Waals surface area contributed by atoms with E-state index in [9.17, 15) is 0 Å². The normalized spacial score (nSPS) is 13.4. The van der Waals surface area contributed by atoms with Gasteiger partial charge in [0.25, 0.3) is 0 Å². The third kappa shape index (κ3) is 2.51. The Kier molecular flexibility index (Phi) is 3.29. The molecule has 0 bridgehead atoms. The van der Waals surface area contributed by atoms with Gasteiger partial charge in [-0.3, -0.25) is 0 Å². The van der Waals surface area contributed by atoms with E-state index < -0.39 is 0 Å². The smallest absolute Gasteiger partial charge is 0.122 e. The minimum absolute atomic E-state index is 0.664. The molecule has 2 aromatic carbocycles. The maximum Gasteiger partial charge on any atom is 0.122 e. The van der Waals surface area contributed by atoms with Crippen LogP contribution in [-0.2, 0) is 19.4 Å². The molecule has 0 heterocycles. The van der Waals surface area contributed by atoms with Crippen LogP contribution in [0.1, 0.15) is 34.2 Å². The number of fused-ring (bicyclic) bond motifs is 1. The van der Waals surface area contributed by atoms with Gasteiger partial charge in [-0.25, -0.2) is 0 Å². The van der Waals surface area contributed by atoms with E-state index in [-0.39, 0.29) is 0 Å². The molecule has 1 heteroatoms. The van der Waals surface area contributed by atoms with E-state index >= 15 is 0 Å². The van der Waals surface area contributed by atoms with E-state index in [0.717, 1.165) is 5.75 Å². The predicted octanol–water partition coefficient (Wildman–Crippen LogP) is 4.37. The molecule has 0 radical (unpaired) electrons. The molecule has 98 valence electrons. The SMILES string of the molecule is Cc1cccc(OCc2ccc3c(c2)CCC3)c1C. The predicted molar refractivity (Wildman–Crippen MR) is 78.7 cm³/mol. The second-order valence-corrected chi connectivity index (χ2v) is 5.44. The van der Waals surface area contributed by atoms with Gasteiger partial charge in [-0.05, 0) is 67.0 Å². The Morgan fingerprint density at radius 3 is 2.74 bits per heavy atom. The zero-order valence-corrected chi connectivity index (χ0v) is 11.7. The number of ether oxygens (including phenoxy) is 1. The summed E-state index contributed by atoms with van der Waals surface area (Å²) in [7, 11) is 0. The van der Waals surface area contributed by atoms with Crippen molar-refractivity contribution in [2.24, 2.45) is 0 Å². The first-order chi connectivity index (χ1) is 9.24. The van der Waals surface area contributed by atoms with Gasteiger partial charge in [-0.15, -0.1) is 0 Å². The van der Waals surface area contributed by atoms with Gasteiger partial charge in [-0.1, -0.05) is 30.3 Å². The fourth-order valence-corrected chi connectivity index (χ4v) is 2.76. The highest BCUT2D eigenvalue weighted by Crippen LogP contribution is 2.25. The minimum Gasteiger partial charge on any atom is -0.489 e. The van der Waals surface area contributed by atoms with E-state index in [1.807, 2.05) is 0 Å². The molecule has 0 unspecified atom stereocenters. The van der Waals surface area contributed by atoms with Crippen molar-refractivity contribution in [1.82, 2.24) is 0 Å². The molecule has 1 aliphatic carbocycles. The van der Waals surface area contributed by atoms with E-state index in [1.54, 1.807) is 0 Å². The molecule has 0 saturated heterocycles. The van der Waals surface area contributed by atoms with Crippen LogP contribution in [0.4, 0.5) is 0 Å². The van der Waals surface area contributed by atoms with Crippen molar-refractivity contribution >= 4 is 0 Å². The van der Waals surface area contributed by atoms with E-state index in [4.69, 9.17) is 4.74 Å². The molecule has 1 nitrogen and oxygen atoms in total. The van der Waals surface area contributed by atoms with Gasteiger partial charge in [0, 0.05) is 0 Å². The molecule has 0 amide bonds. The third-order valence-corrected chi connectivity index (χ3v) is 4.11. The minimum atomic E-state index is 0.664. The van der Waals surface area contributed by atoms with E-state index in [0.29, 0.717) is 6.61 Å². The summed E-state index contributed by atoms with van der Waals surface area (Å²) < 4.78 is 5.96. The lowest BCUT2D eigenvalue weighted by Crippen LogP contribution is -1.99. The summed E-state index contributed by atoms with van der Waals surface area (Å²) in [6.45, 7) is 4.91. The third-order valence-electron chi connectivity index (χ3n) is 4.11. The molecule has 19 heavy (non-hydrogen) atoms. The maximum atomic E-state index is 5.96. The molecule has 0 atom stereocenters. The van der Waals surface area contributed by atoms with Crippen LogP contribution in [0.15, 0.2) is 36.4 Å². The molecule has 3 rings (SSSR count). The number of rotatable bonds is 3. The number of hydrogen-bond donors (Lipinski definition) is 0. The zero-order valence-electron chi connectivity index (χ0n) is 11.7. The fraction of sp³-hybridized carbons (Fsp3) is 0.333. The van der Waals surface area contributed by atoms with Crippen molar-refractivity contribution in [3.63, 3.8) is 0 Å². The monoisotopic (exact) mass is 252 g/mol. The zero-order chi connectivity index (χ0) is 13.2. The lowest BCUT2D eigenvalue weighted by Gasteiger charge is -2.11. The average Bonchev–Trinajstić information content (AvgIpc) is 2.88. The Hall–Kier alpha value is -1.76. The summed E-state index contributed by atoms with van der Waals surface area (Å²) >= 11 is 0. The molecule has 0 N–H and O–H groups in total. The molecule has 2 aromatic rings. The van der Waals surface area contributed by atoms with Crippen molar-refractivity contribution in [2.75, 3.05) is 0 Å². The van der Waals surface area contributed by atoms with Crippen LogP contribution in [-0.4, -0.2) is 0 Å². The molecule has 1 aliphatic rings.